The van der Waals surface area contributed by atoms with Crippen LogP contribution in [0, 0.1) is 5.82 Å². The summed E-state index contributed by atoms with van der Waals surface area (Å²) in [6.45, 7) is 4.02. The normalized spacial score (nSPS) is 13.6. The van der Waals surface area contributed by atoms with Gasteiger partial charge in [-0.05, 0) is 42.7 Å². The molecule has 4 heteroatoms. The van der Waals surface area contributed by atoms with Crippen LogP contribution in [-0.2, 0) is 4.79 Å². The highest BCUT2D eigenvalue weighted by Crippen LogP contribution is 2.33. The van der Waals surface area contributed by atoms with Crippen LogP contribution in [0.3, 0.4) is 0 Å². The Morgan fingerprint density at radius 2 is 2.00 bits per heavy atom. The molecule has 0 aliphatic carbocycles. The van der Waals surface area contributed by atoms with Crippen LogP contribution in [-0.4, -0.2) is 16.9 Å². The van der Waals surface area contributed by atoms with E-state index in [1.165, 1.54) is 12.1 Å². The second kappa shape index (κ2) is 7.51. The van der Waals surface area contributed by atoms with E-state index >= 15 is 0 Å². The van der Waals surface area contributed by atoms with E-state index in [9.17, 15) is 9.18 Å². The van der Waals surface area contributed by atoms with Gasteiger partial charge in [0.05, 0.1) is 0 Å². The molecule has 0 bridgehead atoms. The number of para-hydroxylation sites is 1. The number of hydrogen-bond donors (Lipinski definition) is 2. The van der Waals surface area contributed by atoms with Crippen LogP contribution in [0.25, 0.3) is 10.9 Å². The van der Waals surface area contributed by atoms with Gasteiger partial charge in [-0.3, -0.25) is 4.79 Å². The van der Waals surface area contributed by atoms with Crippen molar-refractivity contribution >= 4 is 16.8 Å². The SMILES string of the molecule is CC[C@@H](C)NC(=O)C[C@@H](c1cccc(F)c1)c1c[nH]c2ccccc12. The van der Waals surface area contributed by atoms with Crippen molar-refractivity contribution in [1.29, 1.82) is 0 Å². The molecule has 3 aromatic rings. The number of aromatic nitrogens is 1. The lowest BCUT2D eigenvalue weighted by molar-refractivity contribution is -0.121. The third-order valence-corrected chi connectivity index (χ3v) is 4.66. The van der Waals surface area contributed by atoms with Gasteiger partial charge in [0.25, 0.3) is 0 Å². The first-order valence-electron chi connectivity index (χ1n) is 8.69. The molecule has 25 heavy (non-hydrogen) atoms. The lowest BCUT2D eigenvalue weighted by Crippen LogP contribution is -2.33. The second-order valence-corrected chi connectivity index (χ2v) is 6.48. The summed E-state index contributed by atoms with van der Waals surface area (Å²) in [4.78, 5) is 15.7. The molecular formula is C21H23FN2O. The van der Waals surface area contributed by atoms with E-state index in [4.69, 9.17) is 0 Å². The van der Waals surface area contributed by atoms with Crippen molar-refractivity contribution in [3.63, 3.8) is 0 Å². The van der Waals surface area contributed by atoms with Crippen molar-refractivity contribution in [2.45, 2.75) is 38.6 Å². The zero-order valence-corrected chi connectivity index (χ0v) is 14.6. The van der Waals surface area contributed by atoms with Crippen molar-refractivity contribution < 1.29 is 9.18 Å². The Balaban J connectivity index is 1.99. The minimum atomic E-state index is -0.287. The van der Waals surface area contributed by atoms with Crippen LogP contribution in [0.1, 0.15) is 43.7 Å². The van der Waals surface area contributed by atoms with E-state index in [-0.39, 0.29) is 30.1 Å². The van der Waals surface area contributed by atoms with Gasteiger partial charge >= 0.3 is 0 Å². The summed E-state index contributed by atoms with van der Waals surface area (Å²) in [7, 11) is 0. The summed E-state index contributed by atoms with van der Waals surface area (Å²) in [5, 5.41) is 4.07. The third kappa shape index (κ3) is 3.90. The molecule has 3 rings (SSSR count). The molecule has 0 radical (unpaired) electrons. The molecule has 2 N–H and O–H groups in total. The lowest BCUT2D eigenvalue weighted by atomic mass is 9.88. The van der Waals surface area contributed by atoms with Crippen LogP contribution >= 0.6 is 0 Å². The highest BCUT2D eigenvalue weighted by Gasteiger charge is 2.22. The van der Waals surface area contributed by atoms with Gasteiger partial charge in [0, 0.05) is 35.5 Å². The van der Waals surface area contributed by atoms with Crippen molar-refractivity contribution in [3.05, 3.63) is 71.7 Å². The third-order valence-electron chi connectivity index (χ3n) is 4.66. The van der Waals surface area contributed by atoms with Crippen molar-refractivity contribution in [3.8, 4) is 0 Å². The molecule has 1 heterocycles. The monoisotopic (exact) mass is 338 g/mol. The van der Waals surface area contributed by atoms with Crippen molar-refractivity contribution in [2.24, 2.45) is 0 Å². The summed E-state index contributed by atoms with van der Waals surface area (Å²) in [6, 6.07) is 14.6. The minimum Gasteiger partial charge on any atom is -0.361 e. The number of halogens is 1. The van der Waals surface area contributed by atoms with Crippen LogP contribution in [0.4, 0.5) is 4.39 Å². The molecule has 0 spiro atoms. The topological polar surface area (TPSA) is 44.9 Å². The molecule has 3 nitrogen and oxygen atoms in total. The molecule has 0 saturated carbocycles. The molecule has 130 valence electrons. The lowest BCUT2D eigenvalue weighted by Gasteiger charge is -2.19. The molecule has 0 aliphatic rings. The molecule has 1 aromatic heterocycles. The standard InChI is InChI=1S/C21H23FN2O/c1-3-14(2)24-21(25)12-18(15-7-6-8-16(22)11-15)19-13-23-20-10-5-4-9-17(19)20/h4-11,13-14,18,23H,3,12H2,1-2H3,(H,24,25)/t14-,18+/m1/s1. The maximum absolute atomic E-state index is 13.8. The highest BCUT2D eigenvalue weighted by molar-refractivity contribution is 5.86. The fourth-order valence-corrected chi connectivity index (χ4v) is 3.13. The average molecular weight is 338 g/mol. The average Bonchev–Trinajstić information content (AvgIpc) is 3.03. The highest BCUT2D eigenvalue weighted by atomic mass is 19.1. The number of rotatable bonds is 6. The summed E-state index contributed by atoms with van der Waals surface area (Å²) < 4.78 is 13.8. The maximum Gasteiger partial charge on any atom is 0.221 e. The Hall–Kier alpha value is -2.62. The van der Waals surface area contributed by atoms with E-state index in [1.54, 1.807) is 6.07 Å². The van der Waals surface area contributed by atoms with E-state index in [1.807, 2.05) is 50.4 Å². The summed E-state index contributed by atoms with van der Waals surface area (Å²) in [5.74, 6) is -0.505. The number of hydrogen-bond acceptors (Lipinski definition) is 1. The van der Waals surface area contributed by atoms with Gasteiger partial charge in [0.2, 0.25) is 5.91 Å². The first-order valence-corrected chi connectivity index (χ1v) is 8.69. The zero-order valence-electron chi connectivity index (χ0n) is 14.6. The predicted molar refractivity (Wildman–Crippen MR) is 99.1 cm³/mol. The largest absolute Gasteiger partial charge is 0.361 e. The Kier molecular flexibility index (Phi) is 5.17. The summed E-state index contributed by atoms with van der Waals surface area (Å²) in [6.07, 6.45) is 3.09. The van der Waals surface area contributed by atoms with Gasteiger partial charge in [-0.1, -0.05) is 37.3 Å². The van der Waals surface area contributed by atoms with Crippen LogP contribution in [0.2, 0.25) is 0 Å². The van der Waals surface area contributed by atoms with Gasteiger partial charge < -0.3 is 10.3 Å². The first kappa shape index (κ1) is 17.2. The van der Waals surface area contributed by atoms with Crippen molar-refractivity contribution in [1.82, 2.24) is 10.3 Å². The smallest absolute Gasteiger partial charge is 0.221 e. The molecule has 2 aromatic carbocycles. The Morgan fingerprint density at radius 1 is 1.20 bits per heavy atom. The van der Waals surface area contributed by atoms with Gasteiger partial charge in [-0.2, -0.15) is 0 Å². The number of benzene rings is 2. The fourth-order valence-electron chi connectivity index (χ4n) is 3.13. The number of carbonyl (C=O) groups is 1. The van der Waals surface area contributed by atoms with Gasteiger partial charge in [-0.15, -0.1) is 0 Å². The van der Waals surface area contributed by atoms with E-state index in [0.29, 0.717) is 0 Å². The van der Waals surface area contributed by atoms with Crippen molar-refractivity contribution in [2.75, 3.05) is 0 Å². The number of nitrogens with one attached hydrogen (secondary N) is 2. The van der Waals surface area contributed by atoms with E-state index in [2.05, 4.69) is 10.3 Å². The van der Waals surface area contributed by atoms with Crippen LogP contribution in [0.15, 0.2) is 54.7 Å². The summed E-state index contributed by atoms with van der Waals surface area (Å²) >= 11 is 0. The quantitative estimate of drug-likeness (QED) is 0.670. The summed E-state index contributed by atoms with van der Waals surface area (Å²) in [5.41, 5.74) is 2.84. The molecule has 2 atom stereocenters. The van der Waals surface area contributed by atoms with E-state index in [0.717, 1.165) is 28.5 Å². The number of amides is 1. The van der Waals surface area contributed by atoms with Crippen LogP contribution < -0.4 is 5.32 Å². The Morgan fingerprint density at radius 3 is 2.76 bits per heavy atom. The predicted octanol–water partition coefficient (Wildman–Crippen LogP) is 4.74. The van der Waals surface area contributed by atoms with Gasteiger partial charge in [0.15, 0.2) is 0 Å². The molecule has 0 fully saturated rings. The van der Waals surface area contributed by atoms with Crippen LogP contribution in [0.5, 0.6) is 0 Å². The van der Waals surface area contributed by atoms with Gasteiger partial charge in [-0.25, -0.2) is 4.39 Å². The molecule has 1 amide bonds. The molecular weight excluding hydrogens is 315 g/mol. The first-order chi connectivity index (χ1) is 12.1. The molecule has 0 saturated heterocycles. The number of H-pyrrole nitrogens is 1. The number of aromatic amines is 1. The molecule has 0 aliphatic heterocycles. The number of carbonyl (C=O) groups excluding carboxylic acids is 1. The number of fused-ring (bicyclic) bond motifs is 1. The second-order valence-electron chi connectivity index (χ2n) is 6.48. The Labute approximate surface area is 147 Å². The Bertz CT molecular complexity index is 871. The fraction of sp³-hybridized carbons (Fsp3) is 0.286. The van der Waals surface area contributed by atoms with E-state index < -0.39 is 0 Å². The maximum atomic E-state index is 13.8. The minimum absolute atomic E-state index is 0.0195. The van der Waals surface area contributed by atoms with Gasteiger partial charge in [0.1, 0.15) is 5.82 Å². The molecule has 0 unspecified atom stereocenters. The zero-order chi connectivity index (χ0) is 17.8.